The van der Waals surface area contributed by atoms with Crippen LogP contribution in [0.4, 0.5) is 0 Å². The van der Waals surface area contributed by atoms with Crippen molar-refractivity contribution in [1.29, 1.82) is 0 Å². The Hall–Kier alpha value is -3.68. The molecule has 8 heteroatoms. The van der Waals surface area contributed by atoms with E-state index in [0.717, 1.165) is 11.1 Å². The van der Waals surface area contributed by atoms with Crippen molar-refractivity contribution in [1.82, 2.24) is 20.6 Å². The number of H-pyrrole nitrogens is 1. The van der Waals surface area contributed by atoms with E-state index in [1.165, 1.54) is 6.21 Å². The Morgan fingerprint density at radius 3 is 2.62 bits per heavy atom. The van der Waals surface area contributed by atoms with Crippen molar-refractivity contribution in [3.63, 3.8) is 0 Å². The largest absolute Gasteiger partial charge is 0.493 e. The molecular formula is C18H17N5O3. The number of carbonyl (C=O) groups is 1. The zero-order valence-corrected chi connectivity index (χ0v) is 14.3. The Labute approximate surface area is 149 Å². The molecule has 0 radical (unpaired) electrons. The van der Waals surface area contributed by atoms with Crippen LogP contribution in [0.3, 0.4) is 0 Å². The van der Waals surface area contributed by atoms with Crippen LogP contribution in [0.25, 0.3) is 11.3 Å². The van der Waals surface area contributed by atoms with Crippen LogP contribution < -0.4 is 14.9 Å². The fraction of sp³-hybridized carbons (Fsp3) is 0.111. The fourth-order valence-electron chi connectivity index (χ4n) is 2.26. The Bertz CT molecular complexity index is 922. The van der Waals surface area contributed by atoms with Crippen LogP contribution in [0.5, 0.6) is 11.5 Å². The van der Waals surface area contributed by atoms with Crippen molar-refractivity contribution in [3.8, 4) is 22.8 Å². The molecular weight excluding hydrogens is 334 g/mol. The topological polar surface area (TPSA) is 101 Å². The second-order valence-electron chi connectivity index (χ2n) is 5.22. The smallest absolute Gasteiger partial charge is 0.289 e. The van der Waals surface area contributed by atoms with Crippen molar-refractivity contribution < 1.29 is 14.3 Å². The minimum Gasteiger partial charge on any atom is -0.493 e. The molecule has 3 aromatic rings. The standard InChI is InChI=1S/C18H17N5O3/c1-25-16-4-3-13(9-17(16)26-2)14-10-15(22-21-14)18(24)23-20-11-12-5-7-19-8-6-12/h3-11H,1-2H3,(H,21,22)(H,23,24). The molecule has 1 amide bonds. The average molecular weight is 351 g/mol. The molecule has 0 unspecified atom stereocenters. The summed E-state index contributed by atoms with van der Waals surface area (Å²) >= 11 is 0. The number of nitrogens with zero attached hydrogens (tertiary/aromatic N) is 3. The second-order valence-corrected chi connectivity index (χ2v) is 5.22. The SMILES string of the molecule is COc1ccc(-c2cc(C(=O)NN=Cc3ccncc3)[nH]n2)cc1OC. The van der Waals surface area contributed by atoms with Crippen LogP contribution in [-0.2, 0) is 0 Å². The van der Waals surface area contributed by atoms with Gasteiger partial charge in [-0.05, 0) is 42.0 Å². The molecule has 8 nitrogen and oxygen atoms in total. The van der Waals surface area contributed by atoms with Crippen molar-refractivity contribution in [2.24, 2.45) is 5.10 Å². The van der Waals surface area contributed by atoms with Crippen molar-refractivity contribution in [2.75, 3.05) is 14.2 Å². The number of carbonyl (C=O) groups excluding carboxylic acids is 1. The summed E-state index contributed by atoms with van der Waals surface area (Å²) in [6, 6.07) is 10.6. The maximum Gasteiger partial charge on any atom is 0.289 e. The monoisotopic (exact) mass is 351 g/mol. The number of aromatic amines is 1. The predicted molar refractivity (Wildman–Crippen MR) is 96.4 cm³/mol. The van der Waals surface area contributed by atoms with E-state index in [4.69, 9.17) is 9.47 Å². The Kier molecular flexibility index (Phi) is 5.23. The molecule has 3 rings (SSSR count). The third-order valence-corrected chi connectivity index (χ3v) is 3.59. The highest BCUT2D eigenvalue weighted by Crippen LogP contribution is 2.31. The molecule has 0 saturated carbocycles. The predicted octanol–water partition coefficient (Wildman–Crippen LogP) is 2.25. The first-order valence-corrected chi connectivity index (χ1v) is 7.72. The van der Waals surface area contributed by atoms with E-state index < -0.39 is 5.91 Å². The highest BCUT2D eigenvalue weighted by atomic mass is 16.5. The summed E-state index contributed by atoms with van der Waals surface area (Å²) in [6.07, 6.45) is 4.83. The number of methoxy groups -OCH3 is 2. The lowest BCUT2D eigenvalue weighted by molar-refractivity contribution is 0.0950. The van der Waals surface area contributed by atoms with Gasteiger partial charge in [0.2, 0.25) is 0 Å². The van der Waals surface area contributed by atoms with E-state index in [1.54, 1.807) is 56.9 Å². The molecule has 132 valence electrons. The van der Waals surface area contributed by atoms with Crippen LogP contribution in [0, 0.1) is 0 Å². The van der Waals surface area contributed by atoms with E-state index in [2.05, 4.69) is 25.7 Å². The maximum atomic E-state index is 12.1. The second kappa shape index (κ2) is 7.93. The van der Waals surface area contributed by atoms with Crippen molar-refractivity contribution in [2.45, 2.75) is 0 Å². The third-order valence-electron chi connectivity index (χ3n) is 3.59. The first-order chi connectivity index (χ1) is 12.7. The molecule has 0 spiro atoms. The van der Waals surface area contributed by atoms with E-state index in [1.807, 2.05) is 6.07 Å². The lowest BCUT2D eigenvalue weighted by atomic mass is 10.1. The fourth-order valence-corrected chi connectivity index (χ4v) is 2.26. The lowest BCUT2D eigenvalue weighted by Crippen LogP contribution is -2.17. The molecule has 2 N–H and O–H groups in total. The molecule has 2 heterocycles. The molecule has 0 aliphatic rings. The van der Waals surface area contributed by atoms with Gasteiger partial charge in [0, 0.05) is 18.0 Å². The molecule has 0 atom stereocenters. The summed E-state index contributed by atoms with van der Waals surface area (Å²) in [5, 5.41) is 10.8. The zero-order chi connectivity index (χ0) is 18.4. The molecule has 0 saturated heterocycles. The Morgan fingerprint density at radius 2 is 1.88 bits per heavy atom. The number of pyridine rings is 1. The molecule has 2 aromatic heterocycles. The average Bonchev–Trinajstić information content (AvgIpc) is 3.18. The summed E-state index contributed by atoms with van der Waals surface area (Å²) in [4.78, 5) is 16.1. The molecule has 0 aliphatic carbocycles. The number of hydrogen-bond donors (Lipinski definition) is 2. The third kappa shape index (κ3) is 3.86. The summed E-state index contributed by atoms with van der Waals surface area (Å²) in [5.41, 5.74) is 4.97. The number of rotatable bonds is 6. The van der Waals surface area contributed by atoms with Crippen LogP contribution in [0.1, 0.15) is 16.1 Å². The van der Waals surface area contributed by atoms with Gasteiger partial charge in [0.25, 0.3) is 5.91 Å². The molecule has 26 heavy (non-hydrogen) atoms. The van der Waals surface area contributed by atoms with E-state index in [0.29, 0.717) is 22.9 Å². The number of amides is 1. The number of aromatic nitrogens is 3. The summed E-state index contributed by atoms with van der Waals surface area (Å²) in [5.74, 6) is 0.811. The van der Waals surface area contributed by atoms with Crippen LogP contribution in [0.2, 0.25) is 0 Å². The number of hydrogen-bond acceptors (Lipinski definition) is 6. The summed E-state index contributed by atoms with van der Waals surface area (Å²) in [6.45, 7) is 0. The number of nitrogens with one attached hydrogen (secondary N) is 2. The minimum absolute atomic E-state index is 0.293. The molecule has 0 bridgehead atoms. The first kappa shape index (κ1) is 17.2. The zero-order valence-electron chi connectivity index (χ0n) is 14.3. The molecule has 1 aromatic carbocycles. The van der Waals surface area contributed by atoms with E-state index in [-0.39, 0.29) is 0 Å². The van der Waals surface area contributed by atoms with Gasteiger partial charge in [0.15, 0.2) is 11.5 Å². The van der Waals surface area contributed by atoms with Crippen molar-refractivity contribution >= 4 is 12.1 Å². The van der Waals surface area contributed by atoms with Gasteiger partial charge in [-0.1, -0.05) is 0 Å². The normalized spacial score (nSPS) is 10.7. The van der Waals surface area contributed by atoms with Gasteiger partial charge in [-0.3, -0.25) is 14.9 Å². The highest BCUT2D eigenvalue weighted by Gasteiger charge is 2.12. The molecule has 0 fully saturated rings. The number of hydrazone groups is 1. The minimum atomic E-state index is -0.394. The maximum absolute atomic E-state index is 12.1. The van der Waals surface area contributed by atoms with E-state index >= 15 is 0 Å². The van der Waals surface area contributed by atoms with Crippen LogP contribution >= 0.6 is 0 Å². The highest BCUT2D eigenvalue weighted by molar-refractivity contribution is 5.94. The quantitative estimate of drug-likeness (QED) is 0.524. The van der Waals surface area contributed by atoms with Crippen molar-refractivity contribution in [3.05, 3.63) is 60.0 Å². The number of ether oxygens (including phenoxy) is 2. The first-order valence-electron chi connectivity index (χ1n) is 7.72. The van der Waals surface area contributed by atoms with Gasteiger partial charge in [-0.25, -0.2) is 5.43 Å². The van der Waals surface area contributed by atoms with Gasteiger partial charge in [-0.15, -0.1) is 0 Å². The lowest BCUT2D eigenvalue weighted by Gasteiger charge is -2.08. The van der Waals surface area contributed by atoms with Crippen LogP contribution in [0.15, 0.2) is 53.9 Å². The van der Waals surface area contributed by atoms with Gasteiger partial charge < -0.3 is 9.47 Å². The van der Waals surface area contributed by atoms with Gasteiger partial charge in [-0.2, -0.15) is 10.2 Å². The number of benzene rings is 1. The Morgan fingerprint density at radius 1 is 1.12 bits per heavy atom. The van der Waals surface area contributed by atoms with Gasteiger partial charge in [0.05, 0.1) is 26.1 Å². The van der Waals surface area contributed by atoms with E-state index in [9.17, 15) is 4.79 Å². The Balaban J connectivity index is 1.71. The summed E-state index contributed by atoms with van der Waals surface area (Å²) in [7, 11) is 3.13. The van der Waals surface area contributed by atoms with Gasteiger partial charge >= 0.3 is 0 Å². The molecule has 0 aliphatic heterocycles. The summed E-state index contributed by atoms with van der Waals surface area (Å²) < 4.78 is 10.5. The van der Waals surface area contributed by atoms with Crippen LogP contribution in [-0.4, -0.2) is 41.5 Å². The van der Waals surface area contributed by atoms with Gasteiger partial charge in [0.1, 0.15) is 5.69 Å².